The van der Waals surface area contributed by atoms with Gasteiger partial charge in [0.1, 0.15) is 0 Å². The van der Waals surface area contributed by atoms with Crippen LogP contribution in [0.2, 0.25) is 0 Å². The third-order valence-electron chi connectivity index (χ3n) is 2.11. The van der Waals surface area contributed by atoms with Crippen molar-refractivity contribution < 1.29 is 5.11 Å². The van der Waals surface area contributed by atoms with Gasteiger partial charge in [-0.05, 0) is 26.2 Å². The molecule has 2 heteroatoms. The van der Waals surface area contributed by atoms with Crippen molar-refractivity contribution in [3.05, 3.63) is 0 Å². The van der Waals surface area contributed by atoms with Crippen LogP contribution in [0.4, 0.5) is 0 Å². The Balaban J connectivity index is 3.48. The zero-order valence-corrected chi connectivity index (χ0v) is 8.09. The Hall–Kier alpha value is -0.0800. The summed E-state index contributed by atoms with van der Waals surface area (Å²) in [6.07, 6.45) is 0.844. The van der Waals surface area contributed by atoms with E-state index < -0.39 is 0 Å². The summed E-state index contributed by atoms with van der Waals surface area (Å²) in [6, 6.07) is 0.967. The molecule has 0 aliphatic rings. The molecule has 0 saturated heterocycles. The lowest BCUT2D eigenvalue weighted by molar-refractivity contribution is 0.258. The summed E-state index contributed by atoms with van der Waals surface area (Å²) < 4.78 is 0. The molecule has 2 nitrogen and oxygen atoms in total. The van der Waals surface area contributed by atoms with E-state index in [1.54, 1.807) is 0 Å². The highest BCUT2D eigenvalue weighted by atomic mass is 16.3. The summed E-state index contributed by atoms with van der Waals surface area (Å²) in [6.45, 7) is 8.96. The van der Waals surface area contributed by atoms with Gasteiger partial charge in [0.15, 0.2) is 0 Å². The summed E-state index contributed by atoms with van der Waals surface area (Å²) >= 11 is 0. The van der Waals surface area contributed by atoms with Gasteiger partial charge >= 0.3 is 0 Å². The zero-order chi connectivity index (χ0) is 8.85. The van der Waals surface area contributed by atoms with E-state index in [4.69, 9.17) is 5.11 Å². The second-order valence-corrected chi connectivity index (χ2v) is 3.61. The molecule has 0 fully saturated rings. The fourth-order valence-corrected chi connectivity index (χ4v) is 0.918. The second kappa shape index (κ2) is 5.56. The van der Waals surface area contributed by atoms with Crippen molar-refractivity contribution in [1.29, 1.82) is 0 Å². The Morgan fingerprint density at radius 1 is 1.18 bits per heavy atom. The highest BCUT2D eigenvalue weighted by Gasteiger charge is 2.09. The van der Waals surface area contributed by atoms with Crippen molar-refractivity contribution in [2.75, 3.05) is 6.61 Å². The molecular formula is C9H21NO. The average Bonchev–Trinajstić information content (AvgIpc) is 1.87. The second-order valence-electron chi connectivity index (χ2n) is 3.61. The van der Waals surface area contributed by atoms with Crippen LogP contribution in [0.15, 0.2) is 0 Å². The fraction of sp³-hybridized carbons (Fsp3) is 1.00. The van der Waals surface area contributed by atoms with Gasteiger partial charge in [-0.1, -0.05) is 13.8 Å². The Labute approximate surface area is 70.0 Å². The van der Waals surface area contributed by atoms with Crippen LogP contribution in [0.1, 0.15) is 34.1 Å². The summed E-state index contributed by atoms with van der Waals surface area (Å²) in [5.41, 5.74) is 0. The highest BCUT2D eigenvalue weighted by Crippen LogP contribution is 2.02. The van der Waals surface area contributed by atoms with Gasteiger partial charge in [0.25, 0.3) is 0 Å². The van der Waals surface area contributed by atoms with E-state index in [1.165, 1.54) is 0 Å². The molecule has 0 spiro atoms. The van der Waals surface area contributed by atoms with Crippen molar-refractivity contribution in [3.8, 4) is 0 Å². The molecule has 0 radical (unpaired) electrons. The van der Waals surface area contributed by atoms with Gasteiger partial charge in [0, 0.05) is 18.7 Å². The van der Waals surface area contributed by atoms with Crippen molar-refractivity contribution in [2.24, 2.45) is 5.92 Å². The van der Waals surface area contributed by atoms with Gasteiger partial charge in [-0.15, -0.1) is 0 Å². The summed E-state index contributed by atoms with van der Waals surface area (Å²) in [4.78, 5) is 0. The lowest BCUT2D eigenvalue weighted by Crippen LogP contribution is -2.38. The number of aliphatic hydroxyl groups excluding tert-OH is 1. The maximum Gasteiger partial charge on any atom is 0.0445 e. The Bertz CT molecular complexity index is 93.6. The molecule has 0 aliphatic carbocycles. The van der Waals surface area contributed by atoms with Crippen LogP contribution in [0, 0.1) is 5.92 Å². The maximum atomic E-state index is 8.65. The molecule has 0 saturated carbocycles. The van der Waals surface area contributed by atoms with Gasteiger partial charge in [0.2, 0.25) is 0 Å². The Kier molecular flexibility index (Phi) is 5.51. The van der Waals surface area contributed by atoms with Crippen LogP contribution >= 0.6 is 0 Å². The number of rotatable bonds is 5. The van der Waals surface area contributed by atoms with Gasteiger partial charge in [0.05, 0.1) is 0 Å². The van der Waals surface area contributed by atoms with Gasteiger partial charge in [-0.2, -0.15) is 0 Å². The minimum absolute atomic E-state index is 0.277. The lowest BCUT2D eigenvalue weighted by atomic mass is 10.1. The molecule has 0 amide bonds. The molecule has 0 aromatic rings. The van der Waals surface area contributed by atoms with Gasteiger partial charge < -0.3 is 10.4 Å². The molecule has 11 heavy (non-hydrogen) atoms. The number of hydrogen-bond donors (Lipinski definition) is 2. The first-order chi connectivity index (χ1) is 5.07. The molecule has 68 valence electrons. The highest BCUT2D eigenvalue weighted by molar-refractivity contribution is 4.69. The monoisotopic (exact) mass is 159 g/mol. The van der Waals surface area contributed by atoms with E-state index >= 15 is 0 Å². The minimum Gasteiger partial charge on any atom is -0.396 e. The minimum atomic E-state index is 0.277. The predicted molar refractivity (Wildman–Crippen MR) is 48.6 cm³/mol. The van der Waals surface area contributed by atoms with Crippen LogP contribution < -0.4 is 5.32 Å². The topological polar surface area (TPSA) is 32.3 Å². The fourth-order valence-electron chi connectivity index (χ4n) is 0.918. The average molecular weight is 159 g/mol. The maximum absolute atomic E-state index is 8.65. The lowest BCUT2D eigenvalue weighted by Gasteiger charge is -2.22. The summed E-state index contributed by atoms with van der Waals surface area (Å²) in [5.74, 6) is 0.663. The van der Waals surface area contributed by atoms with E-state index in [0.717, 1.165) is 6.42 Å². The standard InChI is InChI=1S/C9H21NO/c1-7(2)9(4)10-8(3)5-6-11/h7-11H,5-6H2,1-4H3. The van der Waals surface area contributed by atoms with E-state index in [2.05, 4.69) is 33.0 Å². The van der Waals surface area contributed by atoms with Gasteiger partial charge in [-0.25, -0.2) is 0 Å². The van der Waals surface area contributed by atoms with Crippen LogP contribution in [0.3, 0.4) is 0 Å². The van der Waals surface area contributed by atoms with Crippen LogP contribution in [-0.2, 0) is 0 Å². The van der Waals surface area contributed by atoms with Crippen molar-refractivity contribution >= 4 is 0 Å². The molecule has 2 atom stereocenters. The molecule has 0 aliphatic heterocycles. The van der Waals surface area contributed by atoms with E-state index in [9.17, 15) is 0 Å². The first-order valence-electron chi connectivity index (χ1n) is 4.44. The third-order valence-corrected chi connectivity index (χ3v) is 2.11. The smallest absolute Gasteiger partial charge is 0.0445 e. The first-order valence-corrected chi connectivity index (χ1v) is 4.44. The van der Waals surface area contributed by atoms with Crippen molar-refractivity contribution in [2.45, 2.75) is 46.2 Å². The Morgan fingerprint density at radius 2 is 1.73 bits per heavy atom. The quantitative estimate of drug-likeness (QED) is 0.635. The first kappa shape index (κ1) is 10.9. The predicted octanol–water partition coefficient (Wildman–Crippen LogP) is 1.39. The van der Waals surface area contributed by atoms with E-state index in [1.807, 2.05) is 0 Å². The SMILES string of the molecule is CC(CCO)NC(C)C(C)C. The molecule has 0 bridgehead atoms. The molecule has 2 N–H and O–H groups in total. The molecule has 0 heterocycles. The zero-order valence-electron chi connectivity index (χ0n) is 8.09. The third kappa shape index (κ3) is 5.22. The van der Waals surface area contributed by atoms with E-state index in [-0.39, 0.29) is 6.61 Å². The van der Waals surface area contributed by atoms with Crippen LogP contribution in [0.5, 0.6) is 0 Å². The number of nitrogens with one attached hydrogen (secondary N) is 1. The number of hydrogen-bond acceptors (Lipinski definition) is 2. The Morgan fingerprint density at radius 3 is 2.09 bits per heavy atom. The normalized spacial score (nSPS) is 16.9. The van der Waals surface area contributed by atoms with Crippen LogP contribution in [-0.4, -0.2) is 23.8 Å². The van der Waals surface area contributed by atoms with Crippen molar-refractivity contribution in [3.63, 3.8) is 0 Å². The molecule has 0 aromatic heterocycles. The van der Waals surface area contributed by atoms with Gasteiger partial charge in [-0.3, -0.25) is 0 Å². The molecular weight excluding hydrogens is 138 g/mol. The van der Waals surface area contributed by atoms with E-state index in [0.29, 0.717) is 18.0 Å². The molecule has 0 aromatic carbocycles. The summed E-state index contributed by atoms with van der Waals surface area (Å²) in [5, 5.41) is 12.1. The summed E-state index contributed by atoms with van der Waals surface area (Å²) in [7, 11) is 0. The van der Waals surface area contributed by atoms with Crippen LogP contribution in [0.25, 0.3) is 0 Å². The largest absolute Gasteiger partial charge is 0.396 e. The molecule has 0 rings (SSSR count). The van der Waals surface area contributed by atoms with Crippen molar-refractivity contribution in [1.82, 2.24) is 5.32 Å². The number of aliphatic hydroxyl groups is 1. The molecule has 2 unspecified atom stereocenters.